The summed E-state index contributed by atoms with van der Waals surface area (Å²) in [5, 5.41) is 0. The van der Waals surface area contributed by atoms with Crippen molar-refractivity contribution in [2.75, 3.05) is 26.4 Å². The molecule has 0 saturated heterocycles. The number of hydrogen-bond donors (Lipinski definition) is 2. The van der Waals surface area contributed by atoms with Crippen LogP contribution in [0.4, 0.5) is 0 Å². The number of carbonyl (C=O) groups excluding carboxylic acids is 2. The van der Waals surface area contributed by atoms with Crippen LogP contribution in [0.25, 0.3) is 0 Å². The third-order valence-corrected chi connectivity index (χ3v) is 17.6. The topological polar surface area (TPSA) is 134 Å². The number of rotatable bonds is 70. The van der Waals surface area contributed by atoms with Crippen molar-refractivity contribution in [1.29, 1.82) is 0 Å². The molecule has 2 atom stereocenters. The van der Waals surface area contributed by atoms with E-state index in [-0.39, 0.29) is 38.6 Å². The molecule has 0 aromatic carbocycles. The van der Waals surface area contributed by atoms with Gasteiger partial charge < -0.3 is 20.1 Å². The van der Waals surface area contributed by atoms with Gasteiger partial charge in [0, 0.05) is 19.4 Å². The molecule has 0 aliphatic carbocycles. The Kier molecular flexibility index (Phi) is 67.3. The third kappa shape index (κ3) is 67.6. The maximum Gasteiger partial charge on any atom is 0.472 e. The molecule has 0 heterocycles. The minimum Gasteiger partial charge on any atom is -0.462 e. The molecule has 82 heavy (non-hydrogen) atoms. The van der Waals surface area contributed by atoms with Crippen molar-refractivity contribution in [3.8, 4) is 0 Å². The third-order valence-electron chi connectivity index (χ3n) is 16.6. The molecule has 9 nitrogen and oxygen atoms in total. The molecule has 0 radical (unpaired) electrons. The predicted octanol–water partition coefficient (Wildman–Crippen LogP) is 23.7. The van der Waals surface area contributed by atoms with Crippen molar-refractivity contribution in [2.45, 2.75) is 399 Å². The predicted molar refractivity (Wildman–Crippen MR) is 354 cm³/mol. The van der Waals surface area contributed by atoms with Crippen molar-refractivity contribution in [3.05, 3.63) is 24.3 Å². The number of phosphoric ester groups is 1. The van der Waals surface area contributed by atoms with Crippen LogP contribution in [-0.4, -0.2) is 49.3 Å². The first-order chi connectivity index (χ1) is 40.3. The molecule has 0 aromatic rings. The van der Waals surface area contributed by atoms with Crippen molar-refractivity contribution in [1.82, 2.24) is 0 Å². The van der Waals surface area contributed by atoms with E-state index in [0.29, 0.717) is 6.42 Å². The van der Waals surface area contributed by atoms with Crippen LogP contribution in [0, 0.1) is 0 Å². The fourth-order valence-corrected chi connectivity index (χ4v) is 12.0. The SMILES string of the molecule is CCCCCCC/C=C\C/C=C\CCCCCCCCCCCCCCCCCCCCCCCCCCCCCC(=O)OC(COC(=O)CCCCCCCCCCCCCCCCCCCCCCCC)COP(=O)(O)OCCN. The molecule has 0 bridgehead atoms. The lowest BCUT2D eigenvalue weighted by Crippen LogP contribution is -2.29. The molecule has 0 saturated carbocycles. The Labute approximate surface area is 510 Å². The van der Waals surface area contributed by atoms with E-state index in [1.807, 2.05) is 0 Å². The molecule has 0 aromatic heterocycles. The molecule has 2 unspecified atom stereocenters. The molecule has 10 heteroatoms. The fourth-order valence-electron chi connectivity index (χ4n) is 11.2. The van der Waals surface area contributed by atoms with Gasteiger partial charge in [-0.15, -0.1) is 0 Å². The lowest BCUT2D eigenvalue weighted by Gasteiger charge is -2.19. The zero-order valence-electron chi connectivity index (χ0n) is 54.8. The summed E-state index contributed by atoms with van der Waals surface area (Å²) < 4.78 is 33.2. The minimum absolute atomic E-state index is 0.0576. The van der Waals surface area contributed by atoms with Crippen LogP contribution >= 0.6 is 7.82 Å². The first-order valence-electron chi connectivity index (χ1n) is 36.3. The van der Waals surface area contributed by atoms with Crippen LogP contribution in [0.3, 0.4) is 0 Å². The number of unbranched alkanes of at least 4 members (excludes halogenated alkanes) is 53. The van der Waals surface area contributed by atoms with E-state index in [1.54, 1.807) is 0 Å². The Balaban J connectivity index is 3.74. The highest BCUT2D eigenvalue weighted by molar-refractivity contribution is 7.47. The summed E-state index contributed by atoms with van der Waals surface area (Å²) in [6, 6.07) is 0. The Morgan fingerprint density at radius 1 is 0.366 bits per heavy atom. The minimum atomic E-state index is -4.39. The molecular formula is C72H140NO8P. The van der Waals surface area contributed by atoms with Gasteiger partial charge in [0.2, 0.25) is 0 Å². The second-order valence-electron chi connectivity index (χ2n) is 24.8. The lowest BCUT2D eigenvalue weighted by molar-refractivity contribution is -0.161. The van der Waals surface area contributed by atoms with Crippen LogP contribution in [0.2, 0.25) is 0 Å². The van der Waals surface area contributed by atoms with Crippen molar-refractivity contribution in [3.63, 3.8) is 0 Å². The highest BCUT2D eigenvalue weighted by atomic mass is 31.2. The number of esters is 2. The van der Waals surface area contributed by atoms with Gasteiger partial charge in [-0.1, -0.05) is 359 Å². The second kappa shape index (κ2) is 68.6. The molecule has 0 amide bonds. The summed E-state index contributed by atoms with van der Waals surface area (Å²) in [6.45, 7) is 3.82. The first kappa shape index (κ1) is 80.5. The van der Waals surface area contributed by atoms with Crippen LogP contribution in [-0.2, 0) is 32.7 Å². The van der Waals surface area contributed by atoms with Gasteiger partial charge in [-0.3, -0.25) is 18.6 Å². The lowest BCUT2D eigenvalue weighted by atomic mass is 10.0. The van der Waals surface area contributed by atoms with Gasteiger partial charge in [-0.05, 0) is 44.9 Å². The van der Waals surface area contributed by atoms with E-state index in [4.69, 9.17) is 24.3 Å². The fraction of sp³-hybridized carbons (Fsp3) is 0.917. The van der Waals surface area contributed by atoms with Crippen LogP contribution in [0.15, 0.2) is 24.3 Å². The largest absolute Gasteiger partial charge is 0.472 e. The number of carbonyl (C=O) groups is 2. The Bertz CT molecular complexity index is 1390. The van der Waals surface area contributed by atoms with E-state index in [0.717, 1.165) is 38.5 Å². The van der Waals surface area contributed by atoms with Gasteiger partial charge in [0.05, 0.1) is 13.2 Å². The average molecular weight is 1180 g/mol. The summed E-state index contributed by atoms with van der Waals surface area (Å²) >= 11 is 0. The van der Waals surface area contributed by atoms with Gasteiger partial charge in [-0.25, -0.2) is 4.57 Å². The highest BCUT2D eigenvalue weighted by Crippen LogP contribution is 2.43. The van der Waals surface area contributed by atoms with E-state index in [9.17, 15) is 19.0 Å². The van der Waals surface area contributed by atoms with Gasteiger partial charge >= 0.3 is 19.8 Å². The first-order valence-corrected chi connectivity index (χ1v) is 37.8. The van der Waals surface area contributed by atoms with Gasteiger partial charge in [-0.2, -0.15) is 0 Å². The Hall–Kier alpha value is -1.51. The maximum atomic E-state index is 12.8. The zero-order chi connectivity index (χ0) is 59.4. The van der Waals surface area contributed by atoms with E-state index in [2.05, 4.69) is 38.2 Å². The molecule has 0 fully saturated rings. The van der Waals surface area contributed by atoms with Crippen LogP contribution in [0.5, 0.6) is 0 Å². The van der Waals surface area contributed by atoms with Crippen molar-refractivity contribution >= 4 is 19.8 Å². The number of hydrogen-bond acceptors (Lipinski definition) is 8. The maximum absolute atomic E-state index is 12.8. The second-order valence-corrected chi connectivity index (χ2v) is 26.3. The summed E-state index contributed by atoms with van der Waals surface area (Å²) in [7, 11) is -4.39. The molecule has 0 spiro atoms. The quantitative estimate of drug-likeness (QED) is 0.0264. The standard InChI is InChI=1S/C72H140NO8P/c1-3-5-7-9-11-13-15-17-19-21-23-25-27-28-29-30-31-32-33-34-35-36-37-38-39-40-41-42-43-45-47-49-51-53-55-57-59-61-63-65-72(75)81-70(69-80-82(76,77)79-67-66-73)68-78-71(74)64-62-60-58-56-54-52-50-48-46-44-26-24-22-20-18-16-14-12-10-8-6-4-2/h15,17,21,23,70H,3-14,16,18-20,22,24-69,73H2,1-2H3,(H,76,77)/b17-15-,23-21-. The summed E-state index contributed by atoms with van der Waals surface area (Å²) in [6.07, 6.45) is 84.4. The molecule has 0 aliphatic rings. The molecule has 0 rings (SSSR count). The van der Waals surface area contributed by atoms with E-state index < -0.39 is 26.5 Å². The molecule has 3 N–H and O–H groups in total. The van der Waals surface area contributed by atoms with Crippen molar-refractivity contribution < 1.29 is 37.6 Å². The number of phosphoric acid groups is 1. The zero-order valence-corrected chi connectivity index (χ0v) is 55.7. The number of ether oxygens (including phenoxy) is 2. The Morgan fingerprint density at radius 3 is 0.927 bits per heavy atom. The Morgan fingerprint density at radius 2 is 0.634 bits per heavy atom. The van der Waals surface area contributed by atoms with E-state index in [1.165, 1.54) is 321 Å². The highest BCUT2D eigenvalue weighted by Gasteiger charge is 2.26. The monoisotopic (exact) mass is 1180 g/mol. The van der Waals surface area contributed by atoms with Gasteiger partial charge in [0.1, 0.15) is 6.61 Å². The van der Waals surface area contributed by atoms with Crippen LogP contribution in [0.1, 0.15) is 393 Å². The van der Waals surface area contributed by atoms with Gasteiger partial charge in [0.25, 0.3) is 0 Å². The molecule has 486 valence electrons. The summed E-state index contributed by atoms with van der Waals surface area (Å²) in [5.74, 6) is -0.800. The van der Waals surface area contributed by atoms with Gasteiger partial charge in [0.15, 0.2) is 6.10 Å². The normalized spacial score (nSPS) is 13.0. The average Bonchev–Trinajstić information content (AvgIpc) is 3.48. The van der Waals surface area contributed by atoms with Crippen molar-refractivity contribution in [2.24, 2.45) is 5.73 Å². The van der Waals surface area contributed by atoms with E-state index >= 15 is 0 Å². The van der Waals surface area contributed by atoms with Crippen LogP contribution < -0.4 is 5.73 Å². The smallest absolute Gasteiger partial charge is 0.462 e. The summed E-state index contributed by atoms with van der Waals surface area (Å²) in [5.41, 5.74) is 5.40. The molecular weight excluding hydrogens is 1040 g/mol. The number of allylic oxidation sites excluding steroid dienone is 4. The molecule has 0 aliphatic heterocycles. The number of nitrogens with two attached hydrogens (primary N) is 1. The summed E-state index contributed by atoms with van der Waals surface area (Å²) in [4.78, 5) is 35.3.